The standard InChI is InChI=1S/C7H14N2OS/c1-9(2)7(10)6-5-8-3-4-11-6/h6,8H,3-5H2,1-2H3. The van der Waals surface area contributed by atoms with Crippen molar-refractivity contribution in [2.45, 2.75) is 5.25 Å². The van der Waals surface area contributed by atoms with Gasteiger partial charge in [-0.2, -0.15) is 0 Å². The van der Waals surface area contributed by atoms with E-state index in [0.717, 1.165) is 18.8 Å². The first-order chi connectivity index (χ1) is 5.22. The van der Waals surface area contributed by atoms with Crippen molar-refractivity contribution >= 4 is 17.7 Å². The number of amides is 1. The molecule has 0 bridgehead atoms. The number of thioether (sulfide) groups is 1. The maximum Gasteiger partial charge on any atom is 0.236 e. The molecule has 1 unspecified atom stereocenters. The van der Waals surface area contributed by atoms with Crippen LogP contribution in [0.3, 0.4) is 0 Å². The van der Waals surface area contributed by atoms with Gasteiger partial charge in [0.15, 0.2) is 0 Å². The number of rotatable bonds is 1. The Hall–Kier alpha value is -0.220. The summed E-state index contributed by atoms with van der Waals surface area (Å²) in [7, 11) is 3.61. The van der Waals surface area contributed by atoms with E-state index in [1.165, 1.54) is 0 Å². The number of hydrogen-bond donors (Lipinski definition) is 1. The molecule has 1 aliphatic rings. The second kappa shape index (κ2) is 3.97. The van der Waals surface area contributed by atoms with E-state index in [4.69, 9.17) is 0 Å². The zero-order valence-electron chi connectivity index (χ0n) is 6.96. The van der Waals surface area contributed by atoms with Crippen LogP contribution in [0.5, 0.6) is 0 Å². The molecule has 0 aromatic carbocycles. The molecule has 64 valence electrons. The van der Waals surface area contributed by atoms with Crippen molar-refractivity contribution in [3.8, 4) is 0 Å². The van der Waals surface area contributed by atoms with Crippen LogP contribution < -0.4 is 5.32 Å². The predicted octanol–water partition coefficient (Wildman–Crippen LogP) is -0.220. The Labute approximate surface area is 71.5 Å². The second-order valence-corrected chi connectivity index (χ2v) is 4.11. The number of carbonyl (C=O) groups excluding carboxylic acids is 1. The Balaban J connectivity index is 2.39. The van der Waals surface area contributed by atoms with Gasteiger partial charge in [-0.15, -0.1) is 11.8 Å². The highest BCUT2D eigenvalue weighted by Gasteiger charge is 2.22. The zero-order chi connectivity index (χ0) is 8.27. The molecule has 0 spiro atoms. The monoisotopic (exact) mass is 174 g/mol. The zero-order valence-corrected chi connectivity index (χ0v) is 7.78. The summed E-state index contributed by atoms with van der Waals surface area (Å²) in [6.45, 7) is 1.85. The lowest BCUT2D eigenvalue weighted by atomic mass is 10.3. The lowest BCUT2D eigenvalue weighted by Gasteiger charge is -2.24. The highest BCUT2D eigenvalue weighted by molar-refractivity contribution is 8.00. The van der Waals surface area contributed by atoms with E-state index in [-0.39, 0.29) is 11.2 Å². The minimum Gasteiger partial charge on any atom is -0.348 e. The molecule has 0 aromatic heterocycles. The van der Waals surface area contributed by atoms with Gasteiger partial charge in [-0.05, 0) is 0 Å². The lowest BCUT2D eigenvalue weighted by Crippen LogP contribution is -2.42. The van der Waals surface area contributed by atoms with Gasteiger partial charge in [-0.3, -0.25) is 4.79 Å². The molecule has 1 amide bonds. The van der Waals surface area contributed by atoms with Gasteiger partial charge in [0.05, 0.1) is 5.25 Å². The molecule has 1 heterocycles. The molecule has 1 atom stereocenters. The van der Waals surface area contributed by atoms with Gasteiger partial charge in [0.1, 0.15) is 0 Å². The third-order valence-corrected chi connectivity index (χ3v) is 2.85. The van der Waals surface area contributed by atoms with E-state index in [2.05, 4.69) is 5.32 Å². The second-order valence-electron chi connectivity index (χ2n) is 2.80. The minimum absolute atomic E-state index is 0.138. The molecule has 1 saturated heterocycles. The normalized spacial score (nSPS) is 24.7. The Bertz CT molecular complexity index is 143. The fourth-order valence-corrected chi connectivity index (χ4v) is 2.15. The van der Waals surface area contributed by atoms with E-state index in [0.29, 0.717) is 0 Å². The number of nitrogens with one attached hydrogen (secondary N) is 1. The van der Waals surface area contributed by atoms with Crippen LogP contribution in [0.25, 0.3) is 0 Å². The SMILES string of the molecule is CN(C)C(=O)C1CNCCS1. The molecule has 1 N–H and O–H groups in total. The van der Waals surface area contributed by atoms with Crippen LogP contribution in [0, 0.1) is 0 Å². The first kappa shape index (κ1) is 8.87. The molecule has 1 rings (SSSR count). The third-order valence-electron chi connectivity index (χ3n) is 1.64. The summed E-state index contributed by atoms with van der Waals surface area (Å²) in [5, 5.41) is 3.34. The van der Waals surface area contributed by atoms with Gasteiger partial charge in [0.25, 0.3) is 0 Å². The summed E-state index contributed by atoms with van der Waals surface area (Å²) >= 11 is 1.75. The van der Waals surface area contributed by atoms with E-state index in [9.17, 15) is 4.79 Å². The summed E-state index contributed by atoms with van der Waals surface area (Å²) in [4.78, 5) is 13.0. The molecule has 4 heteroatoms. The Morgan fingerprint density at radius 3 is 2.82 bits per heavy atom. The van der Waals surface area contributed by atoms with Crippen LogP contribution in [0.4, 0.5) is 0 Å². The molecule has 1 aliphatic heterocycles. The van der Waals surface area contributed by atoms with E-state index in [1.807, 2.05) is 0 Å². The fourth-order valence-electron chi connectivity index (χ4n) is 1.01. The van der Waals surface area contributed by atoms with Crippen LogP contribution in [0.1, 0.15) is 0 Å². The van der Waals surface area contributed by atoms with Crippen LogP contribution in [0.15, 0.2) is 0 Å². The molecule has 3 nitrogen and oxygen atoms in total. The highest BCUT2D eigenvalue weighted by Crippen LogP contribution is 2.14. The summed E-state index contributed by atoms with van der Waals surface area (Å²) in [6.07, 6.45) is 0. The summed E-state index contributed by atoms with van der Waals surface area (Å²) in [6, 6.07) is 0. The van der Waals surface area contributed by atoms with Crippen LogP contribution >= 0.6 is 11.8 Å². The van der Waals surface area contributed by atoms with Crippen molar-refractivity contribution in [2.24, 2.45) is 0 Å². The molecular weight excluding hydrogens is 160 g/mol. The molecule has 0 radical (unpaired) electrons. The number of nitrogens with zero attached hydrogens (tertiary/aromatic N) is 1. The largest absolute Gasteiger partial charge is 0.348 e. The average molecular weight is 174 g/mol. The van der Waals surface area contributed by atoms with Gasteiger partial charge >= 0.3 is 0 Å². The van der Waals surface area contributed by atoms with Crippen molar-refractivity contribution in [3.05, 3.63) is 0 Å². The molecule has 0 aromatic rings. The van der Waals surface area contributed by atoms with Crippen LogP contribution in [0.2, 0.25) is 0 Å². The maximum atomic E-state index is 11.4. The van der Waals surface area contributed by atoms with E-state index >= 15 is 0 Å². The van der Waals surface area contributed by atoms with Gasteiger partial charge in [-0.1, -0.05) is 0 Å². The van der Waals surface area contributed by atoms with Crippen molar-refractivity contribution in [1.29, 1.82) is 0 Å². The highest BCUT2D eigenvalue weighted by atomic mass is 32.2. The topological polar surface area (TPSA) is 32.3 Å². The summed E-state index contributed by atoms with van der Waals surface area (Å²) < 4.78 is 0. The number of hydrogen-bond acceptors (Lipinski definition) is 3. The van der Waals surface area contributed by atoms with Gasteiger partial charge in [0.2, 0.25) is 5.91 Å². The van der Waals surface area contributed by atoms with Crippen LogP contribution in [-0.4, -0.2) is 49.0 Å². The van der Waals surface area contributed by atoms with E-state index in [1.54, 1.807) is 30.8 Å². The average Bonchev–Trinajstić information content (AvgIpc) is 2.05. The van der Waals surface area contributed by atoms with Crippen molar-refractivity contribution in [3.63, 3.8) is 0 Å². The van der Waals surface area contributed by atoms with Crippen molar-refractivity contribution in [1.82, 2.24) is 10.2 Å². The van der Waals surface area contributed by atoms with Crippen LogP contribution in [-0.2, 0) is 4.79 Å². The molecular formula is C7H14N2OS. The quantitative estimate of drug-likeness (QED) is 0.596. The smallest absolute Gasteiger partial charge is 0.236 e. The fraction of sp³-hybridized carbons (Fsp3) is 0.857. The first-order valence-electron chi connectivity index (χ1n) is 3.75. The van der Waals surface area contributed by atoms with Crippen molar-refractivity contribution < 1.29 is 4.79 Å². The molecule has 0 saturated carbocycles. The number of carbonyl (C=O) groups is 1. The van der Waals surface area contributed by atoms with Gasteiger partial charge in [-0.25, -0.2) is 0 Å². The van der Waals surface area contributed by atoms with E-state index < -0.39 is 0 Å². The Kier molecular flexibility index (Phi) is 3.20. The predicted molar refractivity (Wildman–Crippen MR) is 47.8 cm³/mol. The molecule has 0 aliphatic carbocycles. The lowest BCUT2D eigenvalue weighted by molar-refractivity contribution is -0.128. The first-order valence-corrected chi connectivity index (χ1v) is 4.80. The Morgan fingerprint density at radius 2 is 2.36 bits per heavy atom. The van der Waals surface area contributed by atoms with Gasteiger partial charge in [0, 0.05) is 32.9 Å². The van der Waals surface area contributed by atoms with Gasteiger partial charge < -0.3 is 10.2 Å². The summed E-state index contributed by atoms with van der Waals surface area (Å²) in [5.74, 6) is 1.27. The summed E-state index contributed by atoms with van der Waals surface area (Å²) in [5.41, 5.74) is 0. The maximum absolute atomic E-state index is 11.4. The Morgan fingerprint density at radius 1 is 1.64 bits per heavy atom. The molecule has 1 fully saturated rings. The van der Waals surface area contributed by atoms with Crippen molar-refractivity contribution in [2.75, 3.05) is 32.9 Å². The third kappa shape index (κ3) is 2.38. The minimum atomic E-state index is 0.138. The molecule has 11 heavy (non-hydrogen) atoms.